The van der Waals surface area contributed by atoms with E-state index in [1.54, 1.807) is 12.3 Å². The third kappa shape index (κ3) is 1.73. The van der Waals surface area contributed by atoms with Crippen molar-refractivity contribution in [2.24, 2.45) is 5.73 Å². The summed E-state index contributed by atoms with van der Waals surface area (Å²) < 4.78 is 4.83. The highest BCUT2D eigenvalue weighted by molar-refractivity contribution is 6.28. The van der Waals surface area contributed by atoms with Crippen LogP contribution in [0.25, 0.3) is 0 Å². The van der Waals surface area contributed by atoms with E-state index in [1.807, 2.05) is 0 Å². The first-order valence-corrected chi connectivity index (χ1v) is 3.13. The Labute approximate surface area is 58.6 Å². The highest BCUT2D eigenvalue weighted by atomic mass is 35.5. The minimum atomic E-state index is 0.429. The van der Waals surface area contributed by atoms with Crippen LogP contribution in [0.5, 0.6) is 0 Å². The molecule has 0 aliphatic heterocycles. The third-order valence-corrected chi connectivity index (χ3v) is 1.25. The molecule has 2 N–H and O–H groups in total. The Hall–Kier alpha value is -0.470. The lowest BCUT2D eigenvalue weighted by Crippen LogP contribution is -2.01. The van der Waals surface area contributed by atoms with Crippen LogP contribution in [0.3, 0.4) is 0 Å². The second kappa shape index (κ2) is 2.90. The molecule has 3 heteroatoms. The number of rotatable bonds is 2. The molecule has 50 valence electrons. The number of hydrogen-bond acceptors (Lipinski definition) is 2. The van der Waals surface area contributed by atoms with Gasteiger partial charge in [-0.15, -0.1) is 0 Å². The van der Waals surface area contributed by atoms with Gasteiger partial charge in [0.1, 0.15) is 0 Å². The molecule has 0 amide bonds. The largest absolute Gasteiger partial charge is 0.453 e. The van der Waals surface area contributed by atoms with Gasteiger partial charge in [-0.2, -0.15) is 0 Å². The van der Waals surface area contributed by atoms with Gasteiger partial charge in [-0.05, 0) is 36.2 Å². The third-order valence-electron chi connectivity index (χ3n) is 1.05. The first kappa shape index (κ1) is 6.65. The van der Waals surface area contributed by atoms with Gasteiger partial charge in [0.2, 0.25) is 0 Å². The predicted octanol–water partition coefficient (Wildman–Crippen LogP) is 1.43. The van der Waals surface area contributed by atoms with Crippen molar-refractivity contribution >= 4 is 11.6 Å². The molecule has 0 saturated heterocycles. The lowest BCUT2D eigenvalue weighted by Gasteiger charge is -1.85. The molecule has 0 bridgehead atoms. The summed E-state index contributed by atoms with van der Waals surface area (Å²) in [6.07, 6.45) is 2.45. The summed E-state index contributed by atoms with van der Waals surface area (Å²) in [4.78, 5) is 0. The topological polar surface area (TPSA) is 39.2 Å². The Kier molecular flexibility index (Phi) is 2.14. The van der Waals surface area contributed by atoms with Crippen molar-refractivity contribution in [2.45, 2.75) is 6.42 Å². The average Bonchev–Trinajstić information content (AvgIpc) is 2.17. The Balaban J connectivity index is 2.61. The maximum absolute atomic E-state index is 5.49. The van der Waals surface area contributed by atoms with Crippen LogP contribution < -0.4 is 5.73 Å². The van der Waals surface area contributed by atoms with Crippen LogP contribution in [0.15, 0.2) is 16.7 Å². The molecule has 0 aromatic carbocycles. The molecule has 1 heterocycles. The van der Waals surface area contributed by atoms with Crippen LogP contribution in [-0.4, -0.2) is 6.54 Å². The monoisotopic (exact) mass is 145 g/mol. The van der Waals surface area contributed by atoms with Crippen LogP contribution in [0.1, 0.15) is 5.56 Å². The zero-order valence-electron chi connectivity index (χ0n) is 4.93. The molecule has 0 fully saturated rings. The molecule has 9 heavy (non-hydrogen) atoms. The van der Waals surface area contributed by atoms with E-state index in [4.69, 9.17) is 21.8 Å². The number of halogens is 1. The lowest BCUT2D eigenvalue weighted by molar-refractivity contribution is 0.566. The Morgan fingerprint density at radius 3 is 2.89 bits per heavy atom. The van der Waals surface area contributed by atoms with Crippen molar-refractivity contribution < 1.29 is 4.42 Å². The molecule has 0 atom stereocenters. The zero-order chi connectivity index (χ0) is 6.69. The van der Waals surface area contributed by atoms with Crippen LogP contribution in [0.2, 0.25) is 5.22 Å². The Morgan fingerprint density at radius 1 is 1.67 bits per heavy atom. The van der Waals surface area contributed by atoms with E-state index in [9.17, 15) is 0 Å². The minimum Gasteiger partial charge on any atom is -0.453 e. The van der Waals surface area contributed by atoms with Gasteiger partial charge in [0.15, 0.2) is 5.22 Å². The van der Waals surface area contributed by atoms with Gasteiger partial charge in [-0.1, -0.05) is 0 Å². The van der Waals surface area contributed by atoms with Crippen LogP contribution in [0.4, 0.5) is 0 Å². The minimum absolute atomic E-state index is 0.429. The fourth-order valence-corrected chi connectivity index (χ4v) is 0.828. The Morgan fingerprint density at radius 2 is 2.44 bits per heavy atom. The van der Waals surface area contributed by atoms with Gasteiger partial charge in [0.05, 0.1) is 6.26 Å². The van der Waals surface area contributed by atoms with Crippen molar-refractivity contribution in [3.05, 3.63) is 23.1 Å². The molecule has 0 aliphatic carbocycles. The molecule has 0 spiro atoms. The van der Waals surface area contributed by atoms with E-state index in [1.165, 1.54) is 0 Å². The highest BCUT2D eigenvalue weighted by Crippen LogP contribution is 2.12. The fourth-order valence-electron chi connectivity index (χ4n) is 0.644. The summed E-state index contributed by atoms with van der Waals surface area (Å²) >= 11 is 5.49. The van der Waals surface area contributed by atoms with Gasteiger partial charge in [0, 0.05) is 0 Å². The molecule has 1 rings (SSSR count). The van der Waals surface area contributed by atoms with Gasteiger partial charge >= 0.3 is 0 Å². The van der Waals surface area contributed by atoms with E-state index < -0.39 is 0 Å². The van der Waals surface area contributed by atoms with Crippen LogP contribution in [0, 0.1) is 0 Å². The second-order valence-electron chi connectivity index (χ2n) is 1.80. The smallest absolute Gasteiger partial charge is 0.193 e. The van der Waals surface area contributed by atoms with E-state index in [0.29, 0.717) is 11.8 Å². The van der Waals surface area contributed by atoms with Gasteiger partial charge < -0.3 is 10.2 Å². The number of hydrogen-bond donors (Lipinski definition) is 1. The summed E-state index contributed by atoms with van der Waals surface area (Å²) in [5, 5.41) is 0.429. The molecule has 0 saturated carbocycles. The van der Waals surface area contributed by atoms with Gasteiger partial charge in [-0.3, -0.25) is 0 Å². The fraction of sp³-hybridized carbons (Fsp3) is 0.333. The molecule has 2 nitrogen and oxygen atoms in total. The van der Waals surface area contributed by atoms with E-state index in [0.717, 1.165) is 12.0 Å². The standard InChI is InChI=1S/C6H8ClNO/c7-6-3-5(1-2-8)4-9-6/h3-4H,1-2,8H2. The zero-order valence-corrected chi connectivity index (χ0v) is 5.69. The van der Waals surface area contributed by atoms with Crippen LogP contribution in [-0.2, 0) is 6.42 Å². The number of furan rings is 1. The molecule has 0 radical (unpaired) electrons. The predicted molar refractivity (Wildman–Crippen MR) is 36.5 cm³/mol. The van der Waals surface area contributed by atoms with Crippen molar-refractivity contribution in [1.29, 1.82) is 0 Å². The van der Waals surface area contributed by atoms with E-state index in [-0.39, 0.29) is 0 Å². The molecule has 0 unspecified atom stereocenters. The summed E-state index contributed by atoms with van der Waals surface area (Å²) in [7, 11) is 0. The van der Waals surface area contributed by atoms with E-state index in [2.05, 4.69) is 0 Å². The summed E-state index contributed by atoms with van der Waals surface area (Å²) in [6, 6.07) is 1.77. The van der Waals surface area contributed by atoms with Crippen molar-refractivity contribution in [1.82, 2.24) is 0 Å². The summed E-state index contributed by atoms with van der Waals surface area (Å²) in [6.45, 7) is 0.635. The van der Waals surface area contributed by atoms with Crippen molar-refractivity contribution in [2.75, 3.05) is 6.54 Å². The maximum atomic E-state index is 5.49. The van der Waals surface area contributed by atoms with Gasteiger partial charge in [0.25, 0.3) is 0 Å². The van der Waals surface area contributed by atoms with Crippen LogP contribution >= 0.6 is 11.6 Å². The first-order valence-electron chi connectivity index (χ1n) is 2.76. The van der Waals surface area contributed by atoms with Crippen molar-refractivity contribution in [3.63, 3.8) is 0 Å². The normalized spacial score (nSPS) is 10.0. The van der Waals surface area contributed by atoms with Crippen molar-refractivity contribution in [3.8, 4) is 0 Å². The highest BCUT2D eigenvalue weighted by Gasteiger charge is 1.95. The average molecular weight is 146 g/mol. The lowest BCUT2D eigenvalue weighted by atomic mass is 10.2. The SMILES string of the molecule is NCCc1coc(Cl)c1. The molecular weight excluding hydrogens is 138 g/mol. The Bertz CT molecular complexity index is 185. The quantitative estimate of drug-likeness (QED) is 0.684. The maximum Gasteiger partial charge on any atom is 0.193 e. The summed E-state index contributed by atoms with van der Waals surface area (Å²) in [5.74, 6) is 0. The molecule has 1 aromatic heterocycles. The van der Waals surface area contributed by atoms with Gasteiger partial charge in [-0.25, -0.2) is 0 Å². The molecular formula is C6H8ClNO. The van der Waals surface area contributed by atoms with E-state index >= 15 is 0 Å². The first-order chi connectivity index (χ1) is 4.33. The summed E-state index contributed by atoms with van der Waals surface area (Å²) in [5.41, 5.74) is 6.34. The number of nitrogens with two attached hydrogens (primary N) is 1. The molecule has 0 aliphatic rings. The molecule has 1 aromatic rings. The second-order valence-corrected chi connectivity index (χ2v) is 2.17.